The molecule has 1 aliphatic rings. The Morgan fingerprint density at radius 3 is 2.82 bits per heavy atom. The lowest BCUT2D eigenvalue weighted by Gasteiger charge is -2.22. The molecule has 2 rings (SSSR count). The molecule has 7 heteroatoms. The Morgan fingerprint density at radius 1 is 1.41 bits per heavy atom. The molecular formula is C15H22N2O4S. The van der Waals surface area contributed by atoms with Crippen molar-refractivity contribution in [1.29, 1.82) is 0 Å². The third kappa shape index (κ3) is 4.20. The summed E-state index contributed by atoms with van der Waals surface area (Å²) in [5.74, 6) is 0.543. The molecule has 0 spiro atoms. The van der Waals surface area contributed by atoms with Crippen LogP contribution in [0, 0.1) is 0 Å². The normalized spacial score (nSPS) is 19.1. The molecule has 1 atom stereocenters. The second-order valence-corrected chi connectivity index (χ2v) is 7.40. The lowest BCUT2D eigenvalue weighted by molar-refractivity contribution is -0.120. The third-order valence-electron chi connectivity index (χ3n) is 3.83. The highest BCUT2D eigenvalue weighted by Crippen LogP contribution is 2.20. The molecule has 0 saturated carbocycles. The van der Waals surface area contributed by atoms with Crippen molar-refractivity contribution in [3.63, 3.8) is 0 Å². The molecule has 1 amide bonds. The van der Waals surface area contributed by atoms with Crippen LogP contribution >= 0.6 is 0 Å². The number of carbonyl (C=O) groups excluding carboxylic acids is 1. The molecule has 0 aliphatic carbocycles. The monoisotopic (exact) mass is 326 g/mol. The lowest BCUT2D eigenvalue weighted by atomic mass is 10.1. The Morgan fingerprint density at radius 2 is 2.14 bits per heavy atom. The Bertz CT molecular complexity index is 630. The van der Waals surface area contributed by atoms with Crippen LogP contribution < -0.4 is 10.1 Å². The zero-order valence-electron chi connectivity index (χ0n) is 12.9. The molecule has 0 radical (unpaired) electrons. The number of ether oxygens (including phenoxy) is 1. The maximum atomic E-state index is 12.1. The SMILES string of the molecule is COc1ccccc1CC(=O)NCC1CCCN1S(C)(=O)=O. The van der Waals surface area contributed by atoms with E-state index >= 15 is 0 Å². The molecular weight excluding hydrogens is 304 g/mol. The Kier molecular flexibility index (Phi) is 5.42. The van der Waals surface area contributed by atoms with E-state index in [2.05, 4.69) is 5.32 Å². The minimum Gasteiger partial charge on any atom is -0.496 e. The summed E-state index contributed by atoms with van der Waals surface area (Å²) in [6, 6.07) is 7.22. The van der Waals surface area contributed by atoms with E-state index in [1.54, 1.807) is 7.11 Å². The minimum atomic E-state index is -3.21. The number of methoxy groups -OCH3 is 1. The molecule has 122 valence electrons. The second kappa shape index (κ2) is 7.11. The lowest BCUT2D eigenvalue weighted by Crippen LogP contribution is -2.43. The van der Waals surface area contributed by atoms with Gasteiger partial charge in [0.05, 0.1) is 19.8 Å². The van der Waals surface area contributed by atoms with Gasteiger partial charge in [-0.3, -0.25) is 4.79 Å². The third-order valence-corrected chi connectivity index (χ3v) is 5.16. The molecule has 0 aromatic heterocycles. The standard InChI is InChI=1S/C15H22N2O4S/c1-21-14-8-4-3-6-12(14)10-15(18)16-11-13-7-5-9-17(13)22(2,19)20/h3-4,6,8,13H,5,7,9-11H2,1-2H3,(H,16,18). The van der Waals surface area contributed by atoms with E-state index in [0.29, 0.717) is 18.8 Å². The van der Waals surface area contributed by atoms with Crippen molar-refractivity contribution in [2.45, 2.75) is 25.3 Å². The highest BCUT2D eigenvalue weighted by molar-refractivity contribution is 7.88. The summed E-state index contributed by atoms with van der Waals surface area (Å²) in [5.41, 5.74) is 0.814. The Labute approximate surface area is 131 Å². The molecule has 1 aromatic rings. The van der Waals surface area contributed by atoms with Crippen molar-refractivity contribution in [3.8, 4) is 5.75 Å². The number of sulfonamides is 1. The minimum absolute atomic E-state index is 0.134. The van der Waals surface area contributed by atoms with E-state index in [1.165, 1.54) is 10.6 Å². The maximum absolute atomic E-state index is 12.1. The summed E-state index contributed by atoms with van der Waals surface area (Å²) in [4.78, 5) is 12.1. The highest BCUT2D eigenvalue weighted by atomic mass is 32.2. The number of carbonyl (C=O) groups is 1. The van der Waals surface area contributed by atoms with E-state index < -0.39 is 10.0 Å². The van der Waals surface area contributed by atoms with E-state index in [4.69, 9.17) is 4.74 Å². The summed E-state index contributed by atoms with van der Waals surface area (Å²) in [6.07, 6.45) is 3.04. The van der Waals surface area contributed by atoms with Crippen LogP contribution in [0.3, 0.4) is 0 Å². The molecule has 1 unspecified atom stereocenters. The maximum Gasteiger partial charge on any atom is 0.224 e. The topological polar surface area (TPSA) is 75.7 Å². The number of hydrogen-bond acceptors (Lipinski definition) is 4. The number of nitrogens with zero attached hydrogens (tertiary/aromatic N) is 1. The van der Waals surface area contributed by atoms with Crippen LogP contribution in [0.1, 0.15) is 18.4 Å². The van der Waals surface area contributed by atoms with Crippen molar-refractivity contribution in [3.05, 3.63) is 29.8 Å². The average molecular weight is 326 g/mol. The fraction of sp³-hybridized carbons (Fsp3) is 0.533. The molecule has 1 saturated heterocycles. The molecule has 1 aliphatic heterocycles. The first-order chi connectivity index (χ1) is 10.4. The first kappa shape index (κ1) is 16.8. The van der Waals surface area contributed by atoms with Gasteiger partial charge in [0.1, 0.15) is 5.75 Å². The van der Waals surface area contributed by atoms with Gasteiger partial charge in [0.2, 0.25) is 15.9 Å². The Balaban J connectivity index is 1.90. The van der Waals surface area contributed by atoms with Crippen LogP contribution in [0.2, 0.25) is 0 Å². The van der Waals surface area contributed by atoms with Crippen molar-refractivity contribution in [1.82, 2.24) is 9.62 Å². The predicted octanol–water partition coefficient (Wildman–Crippen LogP) is 0.778. The fourth-order valence-corrected chi connectivity index (χ4v) is 3.95. The van der Waals surface area contributed by atoms with E-state index in [0.717, 1.165) is 18.4 Å². The average Bonchev–Trinajstić information content (AvgIpc) is 2.94. The summed E-state index contributed by atoms with van der Waals surface area (Å²) in [5, 5.41) is 2.83. The summed E-state index contributed by atoms with van der Waals surface area (Å²) < 4.78 is 30.0. The number of amides is 1. The van der Waals surface area contributed by atoms with Gasteiger partial charge < -0.3 is 10.1 Å². The van der Waals surface area contributed by atoms with Gasteiger partial charge in [-0.25, -0.2) is 8.42 Å². The predicted molar refractivity (Wildman–Crippen MR) is 84.3 cm³/mol. The second-order valence-electron chi connectivity index (χ2n) is 5.46. The largest absolute Gasteiger partial charge is 0.496 e. The molecule has 6 nitrogen and oxygen atoms in total. The van der Waals surface area contributed by atoms with Crippen LogP contribution in [-0.2, 0) is 21.2 Å². The van der Waals surface area contributed by atoms with Crippen molar-refractivity contribution in [2.24, 2.45) is 0 Å². The zero-order chi connectivity index (χ0) is 16.2. The van der Waals surface area contributed by atoms with Gasteiger partial charge in [0.25, 0.3) is 0 Å². The smallest absolute Gasteiger partial charge is 0.224 e. The van der Waals surface area contributed by atoms with E-state index in [9.17, 15) is 13.2 Å². The first-order valence-corrected chi connectivity index (χ1v) is 9.12. The van der Waals surface area contributed by atoms with Crippen molar-refractivity contribution in [2.75, 3.05) is 26.5 Å². The van der Waals surface area contributed by atoms with Gasteiger partial charge in [-0.05, 0) is 18.9 Å². The summed E-state index contributed by atoms with van der Waals surface area (Å²) in [6.45, 7) is 0.882. The van der Waals surface area contributed by atoms with Gasteiger partial charge in [-0.15, -0.1) is 0 Å². The number of para-hydroxylation sites is 1. The van der Waals surface area contributed by atoms with Gasteiger partial charge >= 0.3 is 0 Å². The number of hydrogen-bond donors (Lipinski definition) is 1. The van der Waals surface area contributed by atoms with Crippen LogP contribution in [-0.4, -0.2) is 51.1 Å². The molecule has 1 heterocycles. The number of rotatable bonds is 6. The first-order valence-electron chi connectivity index (χ1n) is 7.27. The number of benzene rings is 1. The molecule has 1 N–H and O–H groups in total. The van der Waals surface area contributed by atoms with E-state index in [-0.39, 0.29) is 18.4 Å². The summed E-state index contributed by atoms with van der Waals surface area (Å²) >= 11 is 0. The fourth-order valence-electron chi connectivity index (χ4n) is 2.77. The van der Waals surface area contributed by atoms with Crippen LogP contribution in [0.4, 0.5) is 0 Å². The van der Waals surface area contributed by atoms with Crippen LogP contribution in [0.5, 0.6) is 5.75 Å². The highest BCUT2D eigenvalue weighted by Gasteiger charge is 2.31. The molecule has 1 aromatic carbocycles. The van der Waals surface area contributed by atoms with Gasteiger partial charge in [0.15, 0.2) is 0 Å². The Hall–Kier alpha value is -1.60. The molecule has 1 fully saturated rings. The molecule has 0 bridgehead atoms. The van der Waals surface area contributed by atoms with Gasteiger partial charge in [-0.1, -0.05) is 18.2 Å². The van der Waals surface area contributed by atoms with E-state index in [1.807, 2.05) is 24.3 Å². The number of nitrogens with one attached hydrogen (secondary N) is 1. The van der Waals surface area contributed by atoms with Crippen molar-refractivity contribution < 1.29 is 17.9 Å². The van der Waals surface area contributed by atoms with Gasteiger partial charge in [-0.2, -0.15) is 4.31 Å². The molecule has 22 heavy (non-hydrogen) atoms. The summed E-state index contributed by atoms with van der Waals surface area (Å²) in [7, 11) is -1.64. The zero-order valence-corrected chi connectivity index (χ0v) is 13.7. The van der Waals surface area contributed by atoms with Crippen LogP contribution in [0.15, 0.2) is 24.3 Å². The van der Waals surface area contributed by atoms with Gasteiger partial charge in [0, 0.05) is 24.7 Å². The quantitative estimate of drug-likeness (QED) is 0.838. The van der Waals surface area contributed by atoms with Crippen molar-refractivity contribution >= 4 is 15.9 Å². The van der Waals surface area contributed by atoms with Crippen LogP contribution in [0.25, 0.3) is 0 Å².